The Morgan fingerprint density at radius 3 is 2.81 bits per heavy atom. The summed E-state index contributed by atoms with van der Waals surface area (Å²) in [4.78, 5) is 40.2. The molecule has 2 heterocycles. The quantitative estimate of drug-likeness (QED) is 0.260. The van der Waals surface area contributed by atoms with Gasteiger partial charge in [0.1, 0.15) is 6.04 Å². The summed E-state index contributed by atoms with van der Waals surface area (Å²) < 4.78 is 22.9. The van der Waals surface area contributed by atoms with E-state index in [1.807, 2.05) is 21.6 Å². The molecular weight excluding hydrogens is 592 g/mol. The molecule has 1 saturated heterocycles. The third-order valence-corrected chi connectivity index (χ3v) is 10.3. The Balaban J connectivity index is 1.27. The molecular formula is C30H38N3O8P2+. The maximum atomic E-state index is 13.5. The molecule has 43 heavy (non-hydrogen) atoms. The number of nitrogens with two attached hydrogens (primary N) is 1. The van der Waals surface area contributed by atoms with Crippen molar-refractivity contribution in [2.24, 2.45) is 11.7 Å². The molecule has 1 aromatic rings. The van der Waals surface area contributed by atoms with Crippen molar-refractivity contribution >= 4 is 35.6 Å². The van der Waals surface area contributed by atoms with Crippen LogP contribution in [0.2, 0.25) is 0 Å². The standard InChI is InChI=1S/C30H37N3O8P2/c1-28(2,32-22(34)9-7-18(31)26(35)40-42)27(36)38-20-10-11-30(37)21-14-17-6-8-19(41-43-3)24-23(17)29(30,25(20)39-24)12-13-33(21)15-16-4-5-16/h3,6,8,10,16,18,21,25,37H,4-5,7,9,11-15,31,42H2,1-2H3/p+1/t18?,21-,25+,29+,30-/m1/s1. The number of aliphatic hydroxyl groups is 1. The van der Waals surface area contributed by atoms with Crippen LogP contribution in [0.4, 0.5) is 0 Å². The molecule has 0 radical (unpaired) electrons. The number of esters is 1. The molecule has 0 aromatic heterocycles. The van der Waals surface area contributed by atoms with Crippen molar-refractivity contribution in [1.29, 1.82) is 0 Å². The first-order valence-electron chi connectivity index (χ1n) is 14.7. The van der Waals surface area contributed by atoms with Gasteiger partial charge in [-0.25, -0.2) is 0 Å². The molecule has 1 amide bonds. The van der Waals surface area contributed by atoms with Crippen LogP contribution in [-0.4, -0.2) is 70.3 Å². The summed E-state index contributed by atoms with van der Waals surface area (Å²) in [7, 11) is 2.04. The van der Waals surface area contributed by atoms with E-state index >= 15 is 0 Å². The molecule has 230 valence electrons. The van der Waals surface area contributed by atoms with Gasteiger partial charge in [-0.2, -0.15) is 0 Å². The van der Waals surface area contributed by atoms with Crippen molar-refractivity contribution < 1.29 is 38.0 Å². The molecule has 2 aliphatic heterocycles. The van der Waals surface area contributed by atoms with Crippen molar-refractivity contribution in [3.63, 3.8) is 0 Å². The van der Waals surface area contributed by atoms with E-state index in [-0.39, 0.29) is 33.6 Å². The van der Waals surface area contributed by atoms with Crippen LogP contribution in [0.25, 0.3) is 0 Å². The van der Waals surface area contributed by atoms with Gasteiger partial charge in [0.05, 0.1) is 9.47 Å². The van der Waals surface area contributed by atoms with E-state index < -0.39 is 46.5 Å². The van der Waals surface area contributed by atoms with Crippen LogP contribution in [0, 0.1) is 12.0 Å². The van der Waals surface area contributed by atoms with E-state index in [4.69, 9.17) is 25.9 Å². The van der Waals surface area contributed by atoms with Gasteiger partial charge in [0.15, 0.2) is 0 Å². The first kappa shape index (κ1) is 30.5. The van der Waals surface area contributed by atoms with Crippen molar-refractivity contribution in [1.82, 2.24) is 10.2 Å². The monoisotopic (exact) mass is 630 g/mol. The SMILES string of the molecule is C#[P+]Oc1ccc2c3c1O[C@H]1C(OC(=O)C(C)(C)NC(=O)CCC(N)C(=O)OP)=CC[C@@]4(O)[C@@H](C2)N(CC2CC2)CC[C@]314. The van der Waals surface area contributed by atoms with Gasteiger partial charge in [0.2, 0.25) is 0 Å². The zero-order chi connectivity index (χ0) is 30.7. The van der Waals surface area contributed by atoms with Crippen LogP contribution in [-0.2, 0) is 35.5 Å². The predicted octanol–water partition coefficient (Wildman–Crippen LogP) is 2.45. The average molecular weight is 631 g/mol. The summed E-state index contributed by atoms with van der Waals surface area (Å²) in [5.74, 6) is 0.195. The van der Waals surface area contributed by atoms with Gasteiger partial charge in [-0.3, -0.25) is 4.79 Å². The Morgan fingerprint density at radius 1 is 1.35 bits per heavy atom. The second-order valence-electron chi connectivity index (χ2n) is 12.9. The van der Waals surface area contributed by atoms with Crippen molar-refractivity contribution in [2.45, 2.75) is 93.5 Å². The van der Waals surface area contributed by atoms with Crippen LogP contribution < -0.4 is 20.3 Å². The predicted molar refractivity (Wildman–Crippen MR) is 160 cm³/mol. The van der Waals surface area contributed by atoms with E-state index in [9.17, 15) is 19.5 Å². The van der Waals surface area contributed by atoms with Crippen molar-refractivity contribution in [3.8, 4) is 17.6 Å². The molecule has 11 nitrogen and oxygen atoms in total. The number of ether oxygens (including phenoxy) is 2. The fourth-order valence-electron chi connectivity index (χ4n) is 7.47. The summed E-state index contributed by atoms with van der Waals surface area (Å²) in [5.41, 5.74) is 4.36. The Labute approximate surface area is 254 Å². The average Bonchev–Trinajstić information content (AvgIpc) is 3.71. The number of hydrogen-bond acceptors (Lipinski definition) is 10. The first-order valence-corrected chi connectivity index (χ1v) is 16.1. The van der Waals surface area contributed by atoms with E-state index in [0.717, 1.165) is 24.2 Å². The number of carbonyl (C=O) groups is 3. The van der Waals surface area contributed by atoms with Crippen LogP contribution in [0.15, 0.2) is 24.0 Å². The Morgan fingerprint density at radius 2 is 2.12 bits per heavy atom. The minimum absolute atomic E-state index is 0.0541. The van der Waals surface area contributed by atoms with Crippen LogP contribution in [0.1, 0.15) is 63.5 Å². The van der Waals surface area contributed by atoms with Crippen molar-refractivity contribution in [3.05, 3.63) is 35.1 Å². The third kappa shape index (κ3) is 4.99. The number of amides is 1. The summed E-state index contributed by atoms with van der Waals surface area (Å²) in [6.45, 7) is 4.85. The summed E-state index contributed by atoms with van der Waals surface area (Å²) in [6.07, 6.45) is 10.7. The van der Waals surface area contributed by atoms with Crippen molar-refractivity contribution in [2.75, 3.05) is 13.1 Å². The topological polar surface area (TPSA) is 150 Å². The van der Waals surface area contributed by atoms with E-state index in [0.29, 0.717) is 36.0 Å². The van der Waals surface area contributed by atoms with Gasteiger partial charge in [0.25, 0.3) is 0 Å². The molecule has 1 spiro atoms. The Hall–Kier alpha value is -2.51. The van der Waals surface area contributed by atoms with E-state index in [2.05, 4.69) is 14.7 Å². The molecule has 2 bridgehead atoms. The van der Waals surface area contributed by atoms with Gasteiger partial charge in [-0.15, -0.1) is 0 Å². The van der Waals surface area contributed by atoms with Gasteiger partial charge < -0.3 is 10.3 Å². The second kappa shape index (κ2) is 11.1. The summed E-state index contributed by atoms with van der Waals surface area (Å²) in [5, 5.41) is 15.3. The molecule has 4 N–H and O–H groups in total. The van der Waals surface area contributed by atoms with Crippen LogP contribution in [0.3, 0.4) is 0 Å². The number of nitrogens with one attached hydrogen (secondary N) is 1. The molecule has 6 rings (SSSR count). The molecule has 1 saturated carbocycles. The number of nitrogens with zero attached hydrogens (tertiary/aromatic N) is 1. The first-order chi connectivity index (χ1) is 20.4. The van der Waals surface area contributed by atoms with Crippen LogP contribution in [0.5, 0.6) is 11.5 Å². The number of hydrogen-bond donors (Lipinski definition) is 3. The molecule has 6 atom stereocenters. The Bertz CT molecular complexity index is 1440. The molecule has 13 heteroatoms. The fraction of sp³-hybridized carbons (Fsp3) is 0.600. The number of rotatable bonds is 10. The molecule has 5 aliphatic rings. The number of carbonyl (C=O) groups excluding carboxylic acids is 3. The zero-order valence-electron chi connectivity index (χ0n) is 24.3. The maximum absolute atomic E-state index is 13.5. The molecule has 2 fully saturated rings. The van der Waals surface area contributed by atoms with Gasteiger partial charge >= 0.3 is 218 Å². The minimum atomic E-state index is -1.40. The molecule has 3 aliphatic carbocycles. The van der Waals surface area contributed by atoms with E-state index in [1.54, 1.807) is 19.9 Å². The van der Waals surface area contributed by atoms with E-state index in [1.165, 1.54) is 12.8 Å². The van der Waals surface area contributed by atoms with Gasteiger partial charge in [0, 0.05) is 0 Å². The summed E-state index contributed by atoms with van der Waals surface area (Å²) in [6, 6.07) is 2.82. The summed E-state index contributed by atoms with van der Waals surface area (Å²) >= 11 is 0. The van der Waals surface area contributed by atoms with Gasteiger partial charge in [-0.05, 0) is 6.42 Å². The zero-order valence-corrected chi connectivity index (χ0v) is 26.4. The second-order valence-corrected chi connectivity index (χ2v) is 13.5. The molecule has 1 aromatic carbocycles. The van der Waals surface area contributed by atoms with Crippen LogP contribution >= 0.6 is 17.7 Å². The fourth-order valence-corrected chi connectivity index (χ4v) is 7.90. The number of piperidine rings is 1. The third-order valence-electron chi connectivity index (χ3n) is 9.80. The van der Waals surface area contributed by atoms with Gasteiger partial charge in [-0.1, -0.05) is 0 Å². The Kier molecular flexibility index (Phi) is 7.90. The number of benzene rings is 1. The number of likely N-dealkylation sites (tertiary alicyclic amines) is 1. The normalized spacial score (nSPS) is 29.3. The molecule has 2 unspecified atom stereocenters.